The summed E-state index contributed by atoms with van der Waals surface area (Å²) in [5, 5.41) is 3.76. The highest BCUT2D eigenvalue weighted by atomic mass is 32.2. The second-order valence-electron chi connectivity index (χ2n) is 7.35. The average Bonchev–Trinajstić information content (AvgIpc) is 2.74. The van der Waals surface area contributed by atoms with Gasteiger partial charge in [-0.1, -0.05) is 31.4 Å². The number of amides is 1. The zero-order valence-electron chi connectivity index (χ0n) is 16.0. The number of carbonyl (C=O) groups excluding carboxylic acids is 1. The minimum atomic E-state index is -3.55. The second-order valence-corrected chi connectivity index (χ2v) is 9.06. The molecule has 0 aliphatic heterocycles. The molecule has 0 spiro atoms. The summed E-state index contributed by atoms with van der Waals surface area (Å²) in [6, 6.07) is 15.4. The number of carbonyl (C=O) groups is 1. The lowest BCUT2D eigenvalue weighted by molar-refractivity contribution is 0.102. The first-order valence-electron chi connectivity index (χ1n) is 9.80. The number of anilines is 1. The van der Waals surface area contributed by atoms with E-state index in [-0.39, 0.29) is 16.8 Å². The van der Waals surface area contributed by atoms with Crippen LogP contribution in [0, 0.1) is 0 Å². The quantitative estimate of drug-likeness (QED) is 0.664. The number of pyridine rings is 1. The second kappa shape index (κ2) is 8.31. The fourth-order valence-electron chi connectivity index (χ4n) is 3.64. The van der Waals surface area contributed by atoms with Gasteiger partial charge in [0.25, 0.3) is 5.91 Å². The van der Waals surface area contributed by atoms with Gasteiger partial charge in [0.1, 0.15) is 0 Å². The van der Waals surface area contributed by atoms with Crippen LogP contribution in [0.25, 0.3) is 10.9 Å². The Bertz CT molecular complexity index is 1120. The predicted octanol–water partition coefficient (Wildman–Crippen LogP) is 4.10. The van der Waals surface area contributed by atoms with Crippen LogP contribution in [-0.2, 0) is 10.0 Å². The summed E-state index contributed by atoms with van der Waals surface area (Å²) in [6.07, 6.45) is 6.73. The zero-order chi connectivity index (χ0) is 20.3. The van der Waals surface area contributed by atoms with Crippen molar-refractivity contribution in [1.29, 1.82) is 0 Å². The SMILES string of the molecule is O=C(Nc1ccc(S(=O)(=O)NC2CCCCC2)cc1)c1ccc2cccnc2c1. The van der Waals surface area contributed by atoms with Crippen LogP contribution in [0.5, 0.6) is 0 Å². The zero-order valence-corrected chi connectivity index (χ0v) is 16.8. The lowest BCUT2D eigenvalue weighted by atomic mass is 9.96. The van der Waals surface area contributed by atoms with E-state index in [0.29, 0.717) is 11.3 Å². The highest BCUT2D eigenvalue weighted by Gasteiger charge is 2.21. The van der Waals surface area contributed by atoms with Gasteiger partial charge in [-0.25, -0.2) is 13.1 Å². The molecular formula is C22H23N3O3S. The molecule has 2 N–H and O–H groups in total. The van der Waals surface area contributed by atoms with E-state index in [0.717, 1.165) is 36.6 Å². The summed E-state index contributed by atoms with van der Waals surface area (Å²) in [7, 11) is -3.55. The van der Waals surface area contributed by atoms with E-state index in [2.05, 4.69) is 15.0 Å². The van der Waals surface area contributed by atoms with Crippen molar-refractivity contribution in [1.82, 2.24) is 9.71 Å². The monoisotopic (exact) mass is 409 g/mol. The van der Waals surface area contributed by atoms with Crippen molar-refractivity contribution in [2.75, 3.05) is 5.32 Å². The minimum absolute atomic E-state index is 0.00893. The summed E-state index contributed by atoms with van der Waals surface area (Å²) >= 11 is 0. The summed E-state index contributed by atoms with van der Waals surface area (Å²) in [4.78, 5) is 17.0. The van der Waals surface area contributed by atoms with Crippen molar-refractivity contribution in [3.05, 3.63) is 66.4 Å². The number of hydrogen-bond donors (Lipinski definition) is 2. The minimum Gasteiger partial charge on any atom is -0.322 e. The molecule has 4 rings (SSSR count). The first-order valence-corrected chi connectivity index (χ1v) is 11.3. The Morgan fingerprint density at radius 2 is 1.72 bits per heavy atom. The molecule has 0 saturated heterocycles. The standard InChI is InChI=1S/C22H23N3O3S/c26-22(17-9-8-16-5-4-14-23-21(16)15-17)24-18-10-12-20(13-11-18)29(27,28)25-19-6-2-1-3-7-19/h4-5,8-15,19,25H,1-3,6-7H2,(H,24,26). The molecule has 0 radical (unpaired) electrons. The summed E-state index contributed by atoms with van der Waals surface area (Å²) in [5.74, 6) is -0.270. The average molecular weight is 410 g/mol. The highest BCUT2D eigenvalue weighted by molar-refractivity contribution is 7.89. The van der Waals surface area contributed by atoms with Crippen molar-refractivity contribution in [2.24, 2.45) is 0 Å². The van der Waals surface area contributed by atoms with Crippen LogP contribution in [0.1, 0.15) is 42.5 Å². The summed E-state index contributed by atoms with van der Waals surface area (Å²) in [5.41, 5.74) is 1.77. The van der Waals surface area contributed by atoms with E-state index in [4.69, 9.17) is 0 Å². The number of hydrogen-bond acceptors (Lipinski definition) is 4. The Kier molecular flexibility index (Phi) is 5.60. The van der Waals surface area contributed by atoms with Gasteiger partial charge in [0.2, 0.25) is 10.0 Å². The maximum absolute atomic E-state index is 12.6. The van der Waals surface area contributed by atoms with Crippen molar-refractivity contribution in [3.8, 4) is 0 Å². The summed E-state index contributed by atoms with van der Waals surface area (Å²) < 4.78 is 27.9. The van der Waals surface area contributed by atoms with Gasteiger partial charge in [-0.2, -0.15) is 0 Å². The Balaban J connectivity index is 1.45. The Labute approximate surface area is 170 Å². The van der Waals surface area contributed by atoms with Crippen LogP contribution in [0.4, 0.5) is 5.69 Å². The molecule has 29 heavy (non-hydrogen) atoms. The van der Waals surface area contributed by atoms with Crippen LogP contribution < -0.4 is 10.0 Å². The molecule has 1 aliphatic carbocycles. The van der Waals surface area contributed by atoms with Gasteiger partial charge in [-0.05, 0) is 55.3 Å². The van der Waals surface area contributed by atoms with Crippen molar-refractivity contribution < 1.29 is 13.2 Å². The number of rotatable bonds is 5. The van der Waals surface area contributed by atoms with Crippen LogP contribution in [-0.4, -0.2) is 25.4 Å². The van der Waals surface area contributed by atoms with Crippen molar-refractivity contribution in [2.45, 2.75) is 43.0 Å². The van der Waals surface area contributed by atoms with E-state index >= 15 is 0 Å². The smallest absolute Gasteiger partial charge is 0.255 e. The highest BCUT2D eigenvalue weighted by Crippen LogP contribution is 2.21. The van der Waals surface area contributed by atoms with Crippen molar-refractivity contribution >= 4 is 32.5 Å². The van der Waals surface area contributed by atoms with Gasteiger partial charge in [0.15, 0.2) is 0 Å². The molecule has 1 aromatic heterocycles. The van der Waals surface area contributed by atoms with Gasteiger partial charge < -0.3 is 5.32 Å². The molecule has 7 heteroatoms. The number of aromatic nitrogens is 1. The molecule has 6 nitrogen and oxygen atoms in total. The van der Waals surface area contributed by atoms with E-state index in [9.17, 15) is 13.2 Å². The van der Waals surface area contributed by atoms with Gasteiger partial charge >= 0.3 is 0 Å². The van der Waals surface area contributed by atoms with Crippen molar-refractivity contribution in [3.63, 3.8) is 0 Å². The largest absolute Gasteiger partial charge is 0.322 e. The third kappa shape index (κ3) is 4.63. The maximum atomic E-state index is 12.6. The number of nitrogens with zero attached hydrogens (tertiary/aromatic N) is 1. The Hall–Kier alpha value is -2.77. The predicted molar refractivity (Wildman–Crippen MR) is 113 cm³/mol. The lowest BCUT2D eigenvalue weighted by Gasteiger charge is -2.22. The summed E-state index contributed by atoms with van der Waals surface area (Å²) in [6.45, 7) is 0. The number of benzene rings is 2. The van der Waals surface area contributed by atoms with E-state index < -0.39 is 10.0 Å². The molecule has 1 amide bonds. The number of sulfonamides is 1. The molecule has 0 bridgehead atoms. The fourth-order valence-corrected chi connectivity index (χ4v) is 4.94. The molecule has 2 aromatic carbocycles. The van der Waals surface area contributed by atoms with E-state index in [1.165, 1.54) is 18.6 Å². The van der Waals surface area contributed by atoms with Crippen LogP contribution in [0.3, 0.4) is 0 Å². The van der Waals surface area contributed by atoms with E-state index in [1.807, 2.05) is 18.2 Å². The lowest BCUT2D eigenvalue weighted by Crippen LogP contribution is -2.36. The number of nitrogens with one attached hydrogen (secondary N) is 2. The number of fused-ring (bicyclic) bond motifs is 1. The molecule has 1 fully saturated rings. The maximum Gasteiger partial charge on any atom is 0.255 e. The molecule has 1 heterocycles. The van der Waals surface area contributed by atoms with Crippen LogP contribution in [0.15, 0.2) is 65.7 Å². The molecule has 0 atom stereocenters. The fraction of sp³-hybridized carbons (Fsp3) is 0.273. The third-order valence-corrected chi connectivity index (χ3v) is 6.75. The van der Waals surface area contributed by atoms with Gasteiger partial charge in [-0.15, -0.1) is 0 Å². The topological polar surface area (TPSA) is 88.2 Å². The molecule has 1 aliphatic rings. The third-order valence-electron chi connectivity index (χ3n) is 5.22. The Morgan fingerprint density at radius 1 is 0.966 bits per heavy atom. The van der Waals surface area contributed by atoms with Gasteiger partial charge in [0.05, 0.1) is 10.4 Å². The van der Waals surface area contributed by atoms with Gasteiger partial charge in [-0.3, -0.25) is 9.78 Å². The van der Waals surface area contributed by atoms with Crippen LogP contribution >= 0.6 is 0 Å². The first-order chi connectivity index (χ1) is 14.0. The van der Waals surface area contributed by atoms with E-state index in [1.54, 1.807) is 30.5 Å². The molecule has 150 valence electrons. The molecular weight excluding hydrogens is 386 g/mol. The molecule has 0 unspecified atom stereocenters. The van der Waals surface area contributed by atoms with Gasteiger partial charge in [0, 0.05) is 28.9 Å². The molecule has 3 aromatic rings. The Morgan fingerprint density at radius 3 is 2.48 bits per heavy atom. The first kappa shape index (κ1) is 19.5. The normalized spacial score (nSPS) is 15.3. The molecule has 1 saturated carbocycles. The van der Waals surface area contributed by atoms with Crippen LogP contribution in [0.2, 0.25) is 0 Å².